The fourth-order valence-corrected chi connectivity index (χ4v) is 4.56. The average molecular weight is 488 g/mol. The number of hydrogen-bond acceptors (Lipinski definition) is 6. The number of hydroxylamine groups is 2. The summed E-state index contributed by atoms with van der Waals surface area (Å²) in [7, 11) is 0. The van der Waals surface area contributed by atoms with Gasteiger partial charge in [0.1, 0.15) is 18.2 Å². The van der Waals surface area contributed by atoms with Crippen LogP contribution in [0, 0.1) is 5.92 Å². The standard InChI is InChI=1S/C24H33N5O6/c1-24(2,3)35-23(33)27-12-11-17(13-27)20(30)25-26-21(31)19-10-9-18-14-28(19)22(32)29(18)34-15-16-7-5-4-6-8-16/h4-8,17-19H,9-15H2,1-3H3,(H,25,30)(H,26,31)/t17-,18+,19-/m1/s1. The Hall–Kier alpha value is -3.34. The number of amides is 5. The highest BCUT2D eigenvalue weighted by Gasteiger charge is 2.48. The molecule has 3 aliphatic heterocycles. The minimum Gasteiger partial charge on any atom is -0.444 e. The van der Waals surface area contributed by atoms with Crippen molar-refractivity contribution in [2.45, 2.75) is 64.3 Å². The largest absolute Gasteiger partial charge is 0.444 e. The maximum atomic E-state index is 12.9. The Bertz CT molecular complexity index is 965. The topological polar surface area (TPSA) is 121 Å². The van der Waals surface area contributed by atoms with Gasteiger partial charge in [-0.2, -0.15) is 5.06 Å². The fourth-order valence-electron chi connectivity index (χ4n) is 4.56. The Balaban J connectivity index is 1.24. The van der Waals surface area contributed by atoms with Crippen LogP contribution in [0.1, 0.15) is 45.6 Å². The lowest BCUT2D eigenvalue weighted by molar-refractivity contribution is -0.140. The molecule has 0 unspecified atom stereocenters. The van der Waals surface area contributed by atoms with E-state index in [-0.39, 0.29) is 31.1 Å². The van der Waals surface area contributed by atoms with Gasteiger partial charge in [-0.25, -0.2) is 9.59 Å². The number of rotatable bonds is 5. The predicted molar refractivity (Wildman–Crippen MR) is 124 cm³/mol. The summed E-state index contributed by atoms with van der Waals surface area (Å²) in [5, 5.41) is 1.36. The molecule has 11 nitrogen and oxygen atoms in total. The lowest BCUT2D eigenvalue weighted by atomic mass is 10.0. The molecule has 2 N–H and O–H groups in total. The van der Waals surface area contributed by atoms with Gasteiger partial charge in [-0.1, -0.05) is 30.3 Å². The minimum absolute atomic E-state index is 0.109. The highest BCUT2D eigenvalue weighted by Crippen LogP contribution is 2.30. The first-order valence-electron chi connectivity index (χ1n) is 12.0. The van der Waals surface area contributed by atoms with E-state index in [4.69, 9.17) is 9.57 Å². The average Bonchev–Trinajstić information content (AvgIpc) is 3.40. The summed E-state index contributed by atoms with van der Waals surface area (Å²) >= 11 is 0. The molecule has 0 aliphatic carbocycles. The summed E-state index contributed by atoms with van der Waals surface area (Å²) in [5.41, 5.74) is 5.26. The maximum Gasteiger partial charge on any atom is 0.410 e. The number of fused-ring (bicyclic) bond motifs is 2. The van der Waals surface area contributed by atoms with Gasteiger partial charge in [-0.05, 0) is 45.6 Å². The molecule has 11 heteroatoms. The molecule has 0 radical (unpaired) electrons. The van der Waals surface area contributed by atoms with Crippen LogP contribution in [0.15, 0.2) is 30.3 Å². The molecular weight excluding hydrogens is 454 g/mol. The monoisotopic (exact) mass is 487 g/mol. The van der Waals surface area contributed by atoms with E-state index in [0.29, 0.717) is 32.4 Å². The third kappa shape index (κ3) is 5.84. The molecule has 0 saturated carbocycles. The van der Waals surface area contributed by atoms with Gasteiger partial charge in [0, 0.05) is 19.6 Å². The number of hydrogen-bond donors (Lipinski definition) is 2. The van der Waals surface area contributed by atoms with Crippen LogP contribution in [0.4, 0.5) is 9.59 Å². The number of ether oxygens (including phenoxy) is 1. The van der Waals surface area contributed by atoms with Crippen LogP contribution < -0.4 is 10.9 Å². The molecule has 3 atom stereocenters. The number of carbonyl (C=O) groups excluding carboxylic acids is 4. The molecule has 3 heterocycles. The molecule has 3 saturated heterocycles. The minimum atomic E-state index is -0.689. The molecule has 3 fully saturated rings. The van der Waals surface area contributed by atoms with E-state index in [9.17, 15) is 19.2 Å². The lowest BCUT2D eigenvalue weighted by Crippen LogP contribution is -2.55. The van der Waals surface area contributed by atoms with Crippen LogP contribution in [0.25, 0.3) is 0 Å². The lowest BCUT2D eigenvalue weighted by Gasteiger charge is -2.29. The molecule has 0 spiro atoms. The molecule has 1 aromatic carbocycles. The van der Waals surface area contributed by atoms with Crippen molar-refractivity contribution in [2.24, 2.45) is 5.92 Å². The van der Waals surface area contributed by atoms with E-state index in [1.54, 1.807) is 20.8 Å². The first-order valence-corrected chi connectivity index (χ1v) is 12.0. The van der Waals surface area contributed by atoms with Crippen molar-refractivity contribution < 1.29 is 28.8 Å². The van der Waals surface area contributed by atoms with Crippen LogP contribution in [0.2, 0.25) is 0 Å². The van der Waals surface area contributed by atoms with Gasteiger partial charge < -0.3 is 14.5 Å². The van der Waals surface area contributed by atoms with E-state index in [1.165, 1.54) is 14.9 Å². The molecule has 4 rings (SSSR count). The van der Waals surface area contributed by atoms with Crippen LogP contribution >= 0.6 is 0 Å². The molecule has 35 heavy (non-hydrogen) atoms. The third-order valence-electron chi connectivity index (χ3n) is 6.36. The quantitative estimate of drug-likeness (QED) is 0.611. The zero-order valence-electron chi connectivity index (χ0n) is 20.4. The van der Waals surface area contributed by atoms with Gasteiger partial charge in [0.25, 0.3) is 5.91 Å². The van der Waals surface area contributed by atoms with E-state index in [2.05, 4.69) is 10.9 Å². The van der Waals surface area contributed by atoms with Crippen molar-refractivity contribution in [1.82, 2.24) is 25.7 Å². The number of hydrazine groups is 1. The number of piperidine rings is 1. The summed E-state index contributed by atoms with van der Waals surface area (Å²) in [5.74, 6) is -1.27. The first-order chi connectivity index (χ1) is 16.6. The van der Waals surface area contributed by atoms with Gasteiger partial charge >= 0.3 is 12.1 Å². The second kappa shape index (κ2) is 10.1. The van der Waals surface area contributed by atoms with E-state index in [0.717, 1.165) is 5.56 Å². The molecule has 5 amide bonds. The number of nitrogens with one attached hydrogen (secondary N) is 2. The van der Waals surface area contributed by atoms with E-state index < -0.39 is 29.6 Å². The Labute approximate surface area is 204 Å². The van der Waals surface area contributed by atoms with Crippen LogP contribution in [0.3, 0.4) is 0 Å². The molecule has 190 valence electrons. The van der Waals surface area contributed by atoms with Gasteiger partial charge in [-0.3, -0.25) is 25.3 Å². The van der Waals surface area contributed by atoms with Crippen LogP contribution in [-0.2, 0) is 25.8 Å². The second-order valence-electron chi connectivity index (χ2n) is 10.2. The van der Waals surface area contributed by atoms with Crippen molar-refractivity contribution in [3.8, 4) is 0 Å². The number of nitrogens with zero attached hydrogens (tertiary/aromatic N) is 3. The Morgan fingerprint density at radius 3 is 2.43 bits per heavy atom. The van der Waals surface area contributed by atoms with Crippen molar-refractivity contribution in [1.29, 1.82) is 0 Å². The van der Waals surface area contributed by atoms with Gasteiger partial charge in [0.05, 0.1) is 12.0 Å². The number of benzene rings is 1. The van der Waals surface area contributed by atoms with E-state index >= 15 is 0 Å². The number of urea groups is 1. The molecule has 3 aliphatic rings. The van der Waals surface area contributed by atoms with Crippen molar-refractivity contribution in [3.05, 3.63) is 35.9 Å². The SMILES string of the molecule is CC(C)(C)OC(=O)N1CC[C@@H](C(=O)NNC(=O)[C@H]2CC[C@H]3CN2C(=O)N3OCc2ccccc2)C1. The highest BCUT2D eigenvalue weighted by molar-refractivity contribution is 5.90. The molecule has 2 bridgehead atoms. The van der Waals surface area contributed by atoms with Crippen molar-refractivity contribution in [2.75, 3.05) is 19.6 Å². The zero-order chi connectivity index (χ0) is 25.2. The second-order valence-corrected chi connectivity index (χ2v) is 10.2. The van der Waals surface area contributed by atoms with Gasteiger partial charge in [0.15, 0.2) is 0 Å². The van der Waals surface area contributed by atoms with Crippen LogP contribution in [0.5, 0.6) is 0 Å². The number of carbonyl (C=O) groups is 4. The Morgan fingerprint density at radius 2 is 1.71 bits per heavy atom. The zero-order valence-corrected chi connectivity index (χ0v) is 20.4. The van der Waals surface area contributed by atoms with Gasteiger partial charge in [-0.15, -0.1) is 0 Å². The smallest absolute Gasteiger partial charge is 0.410 e. The summed E-state index contributed by atoms with van der Waals surface area (Å²) in [4.78, 5) is 59.2. The normalized spacial score (nSPS) is 23.9. The Morgan fingerprint density at radius 1 is 1.00 bits per heavy atom. The summed E-state index contributed by atoms with van der Waals surface area (Å²) in [6.07, 6.45) is 1.11. The van der Waals surface area contributed by atoms with E-state index in [1.807, 2.05) is 30.3 Å². The summed E-state index contributed by atoms with van der Waals surface area (Å²) < 4.78 is 5.35. The molecule has 1 aromatic rings. The van der Waals surface area contributed by atoms with Gasteiger partial charge in [0.2, 0.25) is 5.91 Å². The third-order valence-corrected chi connectivity index (χ3v) is 6.36. The maximum absolute atomic E-state index is 12.9. The summed E-state index contributed by atoms with van der Waals surface area (Å²) in [6, 6.07) is 8.41. The highest BCUT2D eigenvalue weighted by atomic mass is 16.7. The number of likely N-dealkylation sites (tertiary alicyclic amines) is 1. The van der Waals surface area contributed by atoms with Crippen molar-refractivity contribution >= 4 is 23.9 Å². The fraction of sp³-hybridized carbons (Fsp3) is 0.583. The molecular formula is C24H33N5O6. The van der Waals surface area contributed by atoms with Crippen LogP contribution in [-0.4, -0.2) is 76.1 Å². The first kappa shape index (κ1) is 24.8. The van der Waals surface area contributed by atoms with Crippen molar-refractivity contribution in [3.63, 3.8) is 0 Å². The Kier molecular flexibility index (Phi) is 7.15. The molecule has 0 aromatic heterocycles. The predicted octanol–water partition coefficient (Wildman–Crippen LogP) is 1.79. The summed E-state index contributed by atoms with van der Waals surface area (Å²) in [6.45, 7) is 6.65.